The van der Waals surface area contributed by atoms with Gasteiger partial charge in [-0.2, -0.15) is 0 Å². The van der Waals surface area contributed by atoms with Crippen LogP contribution in [0.2, 0.25) is 0 Å². The van der Waals surface area contributed by atoms with E-state index in [4.69, 9.17) is 4.42 Å². The monoisotopic (exact) mass is 696 g/mol. The third-order valence-electron chi connectivity index (χ3n) is 11.8. The van der Waals surface area contributed by atoms with Crippen LogP contribution in [-0.2, 0) is 0 Å². The molecule has 254 valence electrons. The first-order valence-electron chi connectivity index (χ1n) is 19.0. The van der Waals surface area contributed by atoms with Crippen molar-refractivity contribution >= 4 is 86.6 Å². The highest BCUT2D eigenvalue weighted by atomic mass is 16.3. The molecule has 55 heavy (non-hydrogen) atoms. The fourth-order valence-electron chi connectivity index (χ4n) is 9.44. The van der Waals surface area contributed by atoms with E-state index >= 15 is 0 Å². The van der Waals surface area contributed by atoms with Crippen molar-refractivity contribution in [3.8, 4) is 33.4 Å². The normalized spacial score (nSPS) is 12.0. The second-order valence-corrected chi connectivity index (χ2v) is 14.7. The standard InChI is InChI=1S/C54H32O/c1-2-14-33(15-3-1)48-32-36-30-34(26-28-37(36)38-16-4-5-19-41(38)48)51-43-21-9-11-23-45(43)52(46-24-12-10-22-44(46)51)35-27-29-50-49(31-35)53-42-20-8-6-17-39(42)40-18-7-13-25-47(40)54(53)55-50/h1-32H. The molecule has 0 N–H and O–H groups in total. The van der Waals surface area contributed by atoms with E-state index in [0.717, 1.165) is 21.9 Å². The van der Waals surface area contributed by atoms with E-state index in [0.29, 0.717) is 0 Å². The maximum atomic E-state index is 6.72. The largest absolute Gasteiger partial charge is 0.455 e. The van der Waals surface area contributed by atoms with E-state index in [1.165, 1.54) is 98.0 Å². The van der Waals surface area contributed by atoms with Crippen molar-refractivity contribution in [3.05, 3.63) is 194 Å². The van der Waals surface area contributed by atoms with Crippen molar-refractivity contribution < 1.29 is 4.42 Å². The van der Waals surface area contributed by atoms with Gasteiger partial charge in [0.15, 0.2) is 0 Å². The van der Waals surface area contributed by atoms with Crippen LogP contribution < -0.4 is 0 Å². The Balaban J connectivity index is 1.13. The number of hydrogen-bond donors (Lipinski definition) is 0. The molecule has 0 aliphatic carbocycles. The summed E-state index contributed by atoms with van der Waals surface area (Å²) in [6.45, 7) is 0. The van der Waals surface area contributed by atoms with Crippen LogP contribution >= 0.6 is 0 Å². The van der Waals surface area contributed by atoms with E-state index in [-0.39, 0.29) is 0 Å². The van der Waals surface area contributed by atoms with Gasteiger partial charge >= 0.3 is 0 Å². The number of hydrogen-bond acceptors (Lipinski definition) is 1. The average molecular weight is 697 g/mol. The molecule has 0 aliphatic heterocycles. The summed E-state index contributed by atoms with van der Waals surface area (Å²) in [5.41, 5.74) is 9.26. The summed E-state index contributed by atoms with van der Waals surface area (Å²) in [5.74, 6) is 0. The molecule has 1 aromatic heterocycles. The lowest BCUT2D eigenvalue weighted by molar-refractivity contribution is 0.673. The minimum Gasteiger partial charge on any atom is -0.455 e. The molecule has 12 rings (SSSR count). The quantitative estimate of drug-likeness (QED) is 0.132. The Morgan fingerprint density at radius 3 is 1.38 bits per heavy atom. The minimum atomic E-state index is 0.907. The molecule has 11 aromatic carbocycles. The molecule has 0 bridgehead atoms. The summed E-state index contributed by atoms with van der Waals surface area (Å²) in [6.07, 6.45) is 0. The lowest BCUT2D eigenvalue weighted by atomic mass is 9.84. The van der Waals surface area contributed by atoms with Gasteiger partial charge in [-0.05, 0) is 117 Å². The highest BCUT2D eigenvalue weighted by Gasteiger charge is 2.20. The highest BCUT2D eigenvalue weighted by molar-refractivity contribution is 6.31. The van der Waals surface area contributed by atoms with E-state index in [1.54, 1.807) is 0 Å². The van der Waals surface area contributed by atoms with Gasteiger partial charge in [0.25, 0.3) is 0 Å². The topological polar surface area (TPSA) is 13.1 Å². The molecule has 1 heteroatoms. The van der Waals surface area contributed by atoms with Gasteiger partial charge in [-0.1, -0.05) is 170 Å². The zero-order valence-electron chi connectivity index (χ0n) is 29.9. The van der Waals surface area contributed by atoms with Crippen molar-refractivity contribution in [2.75, 3.05) is 0 Å². The van der Waals surface area contributed by atoms with Gasteiger partial charge < -0.3 is 4.42 Å². The number of rotatable bonds is 3. The van der Waals surface area contributed by atoms with E-state index in [9.17, 15) is 0 Å². The van der Waals surface area contributed by atoms with E-state index in [2.05, 4.69) is 194 Å². The summed E-state index contributed by atoms with van der Waals surface area (Å²) in [6, 6.07) is 71.0. The van der Waals surface area contributed by atoms with Crippen LogP contribution in [0.3, 0.4) is 0 Å². The second kappa shape index (κ2) is 11.6. The molecule has 0 amide bonds. The lowest BCUT2D eigenvalue weighted by Gasteiger charge is -2.18. The Bertz CT molecular complexity index is 3480. The molecule has 1 nitrogen and oxygen atoms in total. The Morgan fingerprint density at radius 1 is 0.273 bits per heavy atom. The first-order chi connectivity index (χ1) is 27.3. The fraction of sp³-hybridized carbons (Fsp3) is 0. The maximum Gasteiger partial charge on any atom is 0.143 e. The Hall–Kier alpha value is -7.22. The van der Waals surface area contributed by atoms with Crippen molar-refractivity contribution in [3.63, 3.8) is 0 Å². The van der Waals surface area contributed by atoms with Crippen LogP contribution in [0.5, 0.6) is 0 Å². The van der Waals surface area contributed by atoms with Crippen molar-refractivity contribution in [2.24, 2.45) is 0 Å². The summed E-state index contributed by atoms with van der Waals surface area (Å²) in [4.78, 5) is 0. The molecule has 0 spiro atoms. The van der Waals surface area contributed by atoms with Crippen molar-refractivity contribution in [1.29, 1.82) is 0 Å². The molecule has 0 saturated heterocycles. The van der Waals surface area contributed by atoms with Gasteiger partial charge in [0.2, 0.25) is 0 Å². The molecular weight excluding hydrogens is 665 g/mol. The predicted molar refractivity (Wildman–Crippen MR) is 235 cm³/mol. The first-order valence-corrected chi connectivity index (χ1v) is 19.0. The Kier molecular flexibility index (Phi) is 6.40. The first kappa shape index (κ1) is 30.3. The van der Waals surface area contributed by atoms with Gasteiger partial charge in [0, 0.05) is 16.2 Å². The second-order valence-electron chi connectivity index (χ2n) is 14.7. The molecule has 0 atom stereocenters. The average Bonchev–Trinajstić information content (AvgIpc) is 3.65. The summed E-state index contributed by atoms with van der Waals surface area (Å²) >= 11 is 0. The summed E-state index contributed by atoms with van der Waals surface area (Å²) in [7, 11) is 0. The van der Waals surface area contributed by atoms with E-state index < -0.39 is 0 Å². The fourth-order valence-corrected chi connectivity index (χ4v) is 9.44. The smallest absolute Gasteiger partial charge is 0.143 e. The van der Waals surface area contributed by atoms with Crippen molar-refractivity contribution in [2.45, 2.75) is 0 Å². The molecule has 0 saturated carbocycles. The van der Waals surface area contributed by atoms with Gasteiger partial charge in [-0.15, -0.1) is 0 Å². The third-order valence-corrected chi connectivity index (χ3v) is 11.8. The summed E-state index contributed by atoms with van der Waals surface area (Å²) < 4.78 is 6.72. The maximum absolute atomic E-state index is 6.72. The minimum absolute atomic E-state index is 0.907. The predicted octanol–water partition coefficient (Wildman–Crippen LogP) is 15.5. The highest BCUT2D eigenvalue weighted by Crippen LogP contribution is 2.47. The Morgan fingerprint density at radius 2 is 0.745 bits per heavy atom. The van der Waals surface area contributed by atoms with Crippen molar-refractivity contribution in [1.82, 2.24) is 0 Å². The van der Waals surface area contributed by atoms with Crippen LogP contribution in [-0.4, -0.2) is 0 Å². The van der Waals surface area contributed by atoms with Crippen LogP contribution in [0.1, 0.15) is 0 Å². The number of benzene rings is 11. The SMILES string of the molecule is c1ccc(-c2cc3cc(-c4c5ccccc5c(-c5ccc6oc7c8ccccc8c8ccccc8c7c6c5)c5ccccc45)ccc3c3ccccc23)cc1. The lowest BCUT2D eigenvalue weighted by Crippen LogP contribution is -1.91. The molecule has 0 unspecified atom stereocenters. The third kappa shape index (κ3) is 4.41. The van der Waals surface area contributed by atoms with Crippen LogP contribution in [0, 0.1) is 0 Å². The zero-order chi connectivity index (χ0) is 36.0. The molecule has 0 radical (unpaired) electrons. The molecule has 0 fully saturated rings. The van der Waals surface area contributed by atoms with E-state index in [1.807, 2.05) is 0 Å². The number of furan rings is 1. The van der Waals surface area contributed by atoms with Gasteiger partial charge in [0.1, 0.15) is 11.2 Å². The molecule has 12 aromatic rings. The van der Waals surface area contributed by atoms with Gasteiger partial charge in [-0.25, -0.2) is 0 Å². The molecular formula is C54H32O. The Labute approximate surface area is 317 Å². The molecule has 1 heterocycles. The van der Waals surface area contributed by atoms with Crippen LogP contribution in [0.25, 0.3) is 120 Å². The van der Waals surface area contributed by atoms with Gasteiger partial charge in [0.05, 0.1) is 0 Å². The molecule has 0 aliphatic rings. The van der Waals surface area contributed by atoms with Gasteiger partial charge in [-0.3, -0.25) is 0 Å². The van der Waals surface area contributed by atoms with Crippen LogP contribution in [0.4, 0.5) is 0 Å². The summed E-state index contributed by atoms with van der Waals surface area (Å²) in [5, 5.41) is 17.2. The van der Waals surface area contributed by atoms with Crippen LogP contribution in [0.15, 0.2) is 199 Å². The zero-order valence-corrected chi connectivity index (χ0v) is 29.9. The number of fused-ring (bicyclic) bond motifs is 13.